The fraction of sp³-hybridized carbons (Fsp3) is 0.150. The minimum atomic E-state index is -0.667. The van der Waals surface area contributed by atoms with Crippen LogP contribution in [-0.4, -0.2) is 21.7 Å². The first-order chi connectivity index (χ1) is 13.3. The van der Waals surface area contributed by atoms with Crippen LogP contribution in [0.5, 0.6) is 0 Å². The molecule has 0 bridgehead atoms. The van der Waals surface area contributed by atoms with Gasteiger partial charge in [0.2, 0.25) is 0 Å². The number of nitrogens with one attached hydrogen (secondary N) is 2. The molecule has 3 aromatic rings. The zero-order valence-electron chi connectivity index (χ0n) is 15.4. The summed E-state index contributed by atoms with van der Waals surface area (Å²) in [6.45, 7) is 3.75. The van der Waals surface area contributed by atoms with Gasteiger partial charge in [-0.05, 0) is 62.4 Å². The van der Waals surface area contributed by atoms with Crippen LogP contribution >= 0.6 is 0 Å². The van der Waals surface area contributed by atoms with Gasteiger partial charge in [-0.25, -0.2) is 13.9 Å². The summed E-state index contributed by atoms with van der Waals surface area (Å²) in [4.78, 5) is 23.3. The molecule has 28 heavy (non-hydrogen) atoms. The molecule has 0 radical (unpaired) electrons. The van der Waals surface area contributed by atoms with Crippen molar-refractivity contribution < 1.29 is 14.0 Å². The van der Waals surface area contributed by atoms with Crippen LogP contribution in [-0.2, 0) is 0 Å². The van der Waals surface area contributed by atoms with Crippen LogP contribution in [0.25, 0.3) is 5.69 Å². The van der Waals surface area contributed by atoms with Crippen LogP contribution in [0.1, 0.15) is 34.6 Å². The molecular weight excluding hydrogens is 361 g/mol. The number of aromatic nitrogens is 2. The van der Waals surface area contributed by atoms with E-state index in [1.54, 1.807) is 47.3 Å². The van der Waals surface area contributed by atoms with Crippen LogP contribution in [0.2, 0.25) is 0 Å². The fourth-order valence-electron chi connectivity index (χ4n) is 2.89. The maximum Gasteiger partial charge on any atom is 0.316 e. The van der Waals surface area contributed by atoms with Gasteiger partial charge in [-0.3, -0.25) is 4.79 Å². The van der Waals surface area contributed by atoms with Gasteiger partial charge in [0, 0.05) is 22.5 Å². The quantitative estimate of drug-likeness (QED) is 0.632. The number of urea groups is 1. The molecule has 7 nitrogen and oxygen atoms in total. The molecule has 0 unspecified atom stereocenters. The summed E-state index contributed by atoms with van der Waals surface area (Å²) in [6, 6.07) is 11.5. The number of nitrogens with two attached hydrogens (primary N) is 1. The number of primary amides is 1. The number of rotatable bonds is 5. The van der Waals surface area contributed by atoms with Gasteiger partial charge in [0.05, 0.1) is 17.9 Å². The standard InChI is InChI=1S/C20H20FN5O2/c1-12(24-19(27)14-3-7-16(8-4-14)25-20(22)28)18-11-23-26(13(18)2)17-9-5-15(21)6-10-17/h3-12H,1-2H3,(H,24,27)(H3,22,25,28)/t12-/m0/s1. The Balaban J connectivity index is 1.72. The van der Waals surface area contributed by atoms with Crippen molar-refractivity contribution in [3.63, 3.8) is 0 Å². The summed E-state index contributed by atoms with van der Waals surface area (Å²) >= 11 is 0. The van der Waals surface area contributed by atoms with Gasteiger partial charge in [0.25, 0.3) is 5.91 Å². The van der Waals surface area contributed by atoms with Gasteiger partial charge in [0.1, 0.15) is 5.82 Å². The van der Waals surface area contributed by atoms with E-state index in [2.05, 4.69) is 15.7 Å². The van der Waals surface area contributed by atoms with Gasteiger partial charge >= 0.3 is 6.03 Å². The van der Waals surface area contributed by atoms with Crippen molar-refractivity contribution >= 4 is 17.6 Å². The third-order valence-electron chi connectivity index (χ3n) is 4.35. The molecule has 1 aromatic heterocycles. The van der Waals surface area contributed by atoms with Crippen LogP contribution in [0, 0.1) is 12.7 Å². The number of carbonyl (C=O) groups excluding carboxylic acids is 2. The lowest BCUT2D eigenvalue weighted by molar-refractivity contribution is 0.0940. The number of benzene rings is 2. The maximum atomic E-state index is 13.1. The Morgan fingerprint density at radius 1 is 1.11 bits per heavy atom. The molecule has 1 heterocycles. The molecule has 1 atom stereocenters. The van der Waals surface area contributed by atoms with Crippen molar-refractivity contribution in [2.45, 2.75) is 19.9 Å². The average Bonchev–Trinajstić information content (AvgIpc) is 3.04. The van der Waals surface area contributed by atoms with Crippen molar-refractivity contribution in [1.82, 2.24) is 15.1 Å². The van der Waals surface area contributed by atoms with E-state index in [9.17, 15) is 14.0 Å². The molecule has 144 valence electrons. The van der Waals surface area contributed by atoms with E-state index in [0.717, 1.165) is 16.9 Å². The molecule has 2 aromatic carbocycles. The number of hydrogen-bond donors (Lipinski definition) is 3. The molecule has 3 rings (SSSR count). The predicted octanol–water partition coefficient (Wildman–Crippen LogP) is 3.30. The van der Waals surface area contributed by atoms with Crippen LogP contribution in [0.4, 0.5) is 14.9 Å². The highest BCUT2D eigenvalue weighted by Crippen LogP contribution is 2.21. The number of carbonyl (C=O) groups is 2. The van der Waals surface area contributed by atoms with Crippen LogP contribution in [0.3, 0.4) is 0 Å². The highest BCUT2D eigenvalue weighted by atomic mass is 19.1. The van der Waals surface area contributed by atoms with E-state index >= 15 is 0 Å². The summed E-state index contributed by atoms with van der Waals surface area (Å²) in [5.74, 6) is -0.571. The SMILES string of the molecule is Cc1c([C@H](C)NC(=O)c2ccc(NC(N)=O)cc2)cnn1-c1ccc(F)cc1. The molecule has 0 fully saturated rings. The first kappa shape index (κ1) is 19.1. The Hall–Kier alpha value is -3.68. The molecule has 4 N–H and O–H groups in total. The summed E-state index contributed by atoms with van der Waals surface area (Å²) in [5.41, 5.74) is 8.46. The van der Waals surface area contributed by atoms with Crippen molar-refractivity contribution in [2.24, 2.45) is 5.73 Å². The van der Waals surface area contributed by atoms with Crippen molar-refractivity contribution in [1.29, 1.82) is 0 Å². The largest absolute Gasteiger partial charge is 0.351 e. The Morgan fingerprint density at radius 2 is 1.75 bits per heavy atom. The van der Waals surface area contributed by atoms with Gasteiger partial charge in [-0.15, -0.1) is 0 Å². The minimum absolute atomic E-state index is 0.257. The van der Waals surface area contributed by atoms with Crippen molar-refractivity contribution in [2.75, 3.05) is 5.32 Å². The third-order valence-corrected chi connectivity index (χ3v) is 4.35. The Bertz CT molecular complexity index is 996. The van der Waals surface area contributed by atoms with E-state index < -0.39 is 6.03 Å². The highest BCUT2D eigenvalue weighted by Gasteiger charge is 2.17. The van der Waals surface area contributed by atoms with E-state index in [4.69, 9.17) is 5.73 Å². The van der Waals surface area contributed by atoms with E-state index in [1.165, 1.54) is 12.1 Å². The zero-order valence-corrected chi connectivity index (χ0v) is 15.4. The lowest BCUT2D eigenvalue weighted by Crippen LogP contribution is -2.27. The summed E-state index contributed by atoms with van der Waals surface area (Å²) in [6.07, 6.45) is 1.68. The van der Waals surface area contributed by atoms with Gasteiger partial charge in [0.15, 0.2) is 0 Å². The Morgan fingerprint density at radius 3 is 2.36 bits per heavy atom. The average molecular weight is 381 g/mol. The van der Waals surface area contributed by atoms with Gasteiger partial charge < -0.3 is 16.4 Å². The maximum absolute atomic E-state index is 13.1. The molecule has 0 saturated heterocycles. The van der Waals surface area contributed by atoms with Crippen LogP contribution in [0.15, 0.2) is 54.7 Å². The second kappa shape index (κ2) is 7.91. The zero-order chi connectivity index (χ0) is 20.3. The monoisotopic (exact) mass is 381 g/mol. The van der Waals surface area contributed by atoms with Crippen LogP contribution < -0.4 is 16.4 Å². The van der Waals surface area contributed by atoms with Crippen molar-refractivity contribution in [3.8, 4) is 5.69 Å². The number of amides is 3. The Kier molecular flexibility index (Phi) is 5.39. The Labute approximate surface area is 161 Å². The van der Waals surface area contributed by atoms with Gasteiger partial charge in [-0.2, -0.15) is 5.10 Å². The smallest absolute Gasteiger partial charge is 0.316 e. The molecule has 0 aliphatic rings. The third kappa shape index (κ3) is 4.17. The lowest BCUT2D eigenvalue weighted by atomic mass is 10.1. The second-order valence-corrected chi connectivity index (χ2v) is 6.34. The first-order valence-electron chi connectivity index (χ1n) is 8.63. The molecule has 0 saturated carbocycles. The van der Waals surface area contributed by atoms with Crippen molar-refractivity contribution in [3.05, 3.63) is 77.4 Å². The number of hydrogen-bond acceptors (Lipinski definition) is 3. The van der Waals surface area contributed by atoms with E-state index in [1.807, 2.05) is 13.8 Å². The second-order valence-electron chi connectivity index (χ2n) is 6.34. The topological polar surface area (TPSA) is 102 Å². The fourth-order valence-corrected chi connectivity index (χ4v) is 2.89. The predicted molar refractivity (Wildman–Crippen MR) is 104 cm³/mol. The van der Waals surface area contributed by atoms with E-state index in [0.29, 0.717) is 11.3 Å². The highest BCUT2D eigenvalue weighted by molar-refractivity contribution is 5.95. The molecule has 0 aliphatic heterocycles. The van der Waals surface area contributed by atoms with Gasteiger partial charge in [-0.1, -0.05) is 0 Å². The van der Waals surface area contributed by atoms with E-state index in [-0.39, 0.29) is 17.8 Å². The molecule has 3 amide bonds. The number of nitrogens with zero attached hydrogens (tertiary/aromatic N) is 2. The number of anilines is 1. The summed E-state index contributed by atoms with van der Waals surface area (Å²) in [5, 5.41) is 9.71. The summed E-state index contributed by atoms with van der Waals surface area (Å²) < 4.78 is 14.8. The first-order valence-corrected chi connectivity index (χ1v) is 8.63. The normalized spacial score (nSPS) is 11.7. The molecule has 0 spiro atoms. The summed E-state index contributed by atoms with van der Waals surface area (Å²) in [7, 11) is 0. The lowest BCUT2D eigenvalue weighted by Gasteiger charge is -2.14. The number of halogens is 1. The minimum Gasteiger partial charge on any atom is -0.351 e. The molecular formula is C20H20FN5O2. The molecule has 8 heteroatoms. The molecule has 0 aliphatic carbocycles.